The number of benzene rings is 1. The van der Waals surface area contributed by atoms with Gasteiger partial charge in [0.15, 0.2) is 0 Å². The van der Waals surface area contributed by atoms with E-state index in [1.54, 1.807) is 17.8 Å². The lowest BCUT2D eigenvalue weighted by Gasteiger charge is -2.08. The molecule has 0 fully saturated rings. The molecule has 1 aromatic heterocycles. The molecule has 0 bridgehead atoms. The number of halogens is 2. The van der Waals surface area contributed by atoms with Gasteiger partial charge in [0.25, 0.3) is 0 Å². The zero-order valence-corrected chi connectivity index (χ0v) is 11.3. The highest BCUT2D eigenvalue weighted by atomic mass is 35.5. The van der Waals surface area contributed by atoms with Crippen LogP contribution in [0.15, 0.2) is 18.2 Å². The molecule has 1 N–H and O–H groups in total. The van der Waals surface area contributed by atoms with Crippen molar-refractivity contribution in [1.82, 2.24) is 9.78 Å². The molecule has 3 nitrogen and oxygen atoms in total. The molecular formula is C13H15ClFN3. The van der Waals surface area contributed by atoms with Crippen molar-refractivity contribution >= 4 is 17.3 Å². The van der Waals surface area contributed by atoms with Crippen molar-refractivity contribution in [2.24, 2.45) is 7.05 Å². The number of anilines is 1. The number of rotatable bonds is 3. The second-order valence-corrected chi connectivity index (χ2v) is 4.67. The summed E-state index contributed by atoms with van der Waals surface area (Å²) in [7, 11) is 1.78. The molecule has 1 aromatic carbocycles. The van der Waals surface area contributed by atoms with Gasteiger partial charge >= 0.3 is 0 Å². The topological polar surface area (TPSA) is 29.9 Å². The summed E-state index contributed by atoms with van der Waals surface area (Å²) in [6, 6.07) is 5.09. The van der Waals surface area contributed by atoms with E-state index in [0.717, 1.165) is 16.8 Å². The standard InChI is InChI=1S/C13H15ClFN3/c1-8-4-5-12(11(15)6-8)16-7-10-9(2)17-18(3)13(10)14/h4-6,16H,7H2,1-3H3. The third-order valence-electron chi connectivity index (χ3n) is 2.85. The van der Waals surface area contributed by atoms with Gasteiger partial charge in [-0.25, -0.2) is 4.39 Å². The minimum atomic E-state index is -0.257. The molecule has 2 aromatic rings. The molecular weight excluding hydrogens is 253 g/mol. The molecule has 0 aliphatic rings. The number of nitrogens with one attached hydrogen (secondary N) is 1. The fourth-order valence-electron chi connectivity index (χ4n) is 1.82. The predicted molar refractivity (Wildman–Crippen MR) is 71.4 cm³/mol. The maximum absolute atomic E-state index is 13.6. The quantitative estimate of drug-likeness (QED) is 0.923. The summed E-state index contributed by atoms with van der Waals surface area (Å²) in [5.74, 6) is -0.257. The molecule has 0 unspecified atom stereocenters. The lowest BCUT2D eigenvalue weighted by molar-refractivity contribution is 0.629. The SMILES string of the molecule is Cc1ccc(NCc2c(C)nn(C)c2Cl)c(F)c1. The summed E-state index contributed by atoms with van der Waals surface area (Å²) in [4.78, 5) is 0. The van der Waals surface area contributed by atoms with Gasteiger partial charge in [-0.3, -0.25) is 4.68 Å². The van der Waals surface area contributed by atoms with E-state index < -0.39 is 0 Å². The van der Waals surface area contributed by atoms with E-state index in [9.17, 15) is 4.39 Å². The van der Waals surface area contributed by atoms with E-state index in [-0.39, 0.29) is 5.82 Å². The Morgan fingerprint density at radius 1 is 1.39 bits per heavy atom. The van der Waals surface area contributed by atoms with Crippen LogP contribution in [0.25, 0.3) is 0 Å². The van der Waals surface area contributed by atoms with Crippen LogP contribution in [0.3, 0.4) is 0 Å². The summed E-state index contributed by atoms with van der Waals surface area (Å²) in [6.07, 6.45) is 0. The highest BCUT2D eigenvalue weighted by Gasteiger charge is 2.11. The molecule has 0 spiro atoms. The zero-order chi connectivity index (χ0) is 13.3. The Kier molecular flexibility index (Phi) is 3.57. The molecule has 0 radical (unpaired) electrons. The van der Waals surface area contributed by atoms with Crippen LogP contribution in [-0.4, -0.2) is 9.78 Å². The van der Waals surface area contributed by atoms with Crippen LogP contribution in [0.4, 0.5) is 10.1 Å². The maximum Gasteiger partial charge on any atom is 0.146 e. The van der Waals surface area contributed by atoms with Crippen molar-refractivity contribution in [3.8, 4) is 0 Å². The number of hydrogen-bond donors (Lipinski definition) is 1. The van der Waals surface area contributed by atoms with E-state index in [1.807, 2.05) is 19.9 Å². The van der Waals surface area contributed by atoms with E-state index in [2.05, 4.69) is 10.4 Å². The molecule has 0 aliphatic heterocycles. The Labute approximate surface area is 111 Å². The monoisotopic (exact) mass is 267 g/mol. The Morgan fingerprint density at radius 2 is 2.11 bits per heavy atom. The lowest BCUT2D eigenvalue weighted by atomic mass is 10.2. The van der Waals surface area contributed by atoms with Crippen molar-refractivity contribution in [1.29, 1.82) is 0 Å². The molecule has 1 heterocycles. The Morgan fingerprint density at radius 3 is 2.67 bits per heavy atom. The largest absolute Gasteiger partial charge is 0.378 e. The number of hydrogen-bond acceptors (Lipinski definition) is 2. The summed E-state index contributed by atoms with van der Waals surface area (Å²) in [5, 5.41) is 7.83. The molecule has 0 atom stereocenters. The second kappa shape index (κ2) is 4.98. The molecule has 18 heavy (non-hydrogen) atoms. The van der Waals surface area contributed by atoms with Crippen LogP contribution in [0.5, 0.6) is 0 Å². The van der Waals surface area contributed by atoms with Gasteiger partial charge in [0.05, 0.1) is 11.4 Å². The van der Waals surface area contributed by atoms with Crippen molar-refractivity contribution in [2.75, 3.05) is 5.32 Å². The number of nitrogens with zero attached hydrogens (tertiary/aromatic N) is 2. The Bertz CT molecular complexity index is 578. The van der Waals surface area contributed by atoms with Gasteiger partial charge in [-0.15, -0.1) is 0 Å². The van der Waals surface area contributed by atoms with E-state index in [4.69, 9.17) is 11.6 Å². The second-order valence-electron chi connectivity index (χ2n) is 4.32. The molecule has 2 rings (SSSR count). The summed E-state index contributed by atoms with van der Waals surface area (Å²) >= 11 is 6.11. The van der Waals surface area contributed by atoms with Crippen LogP contribution in [0, 0.1) is 19.7 Å². The highest BCUT2D eigenvalue weighted by Crippen LogP contribution is 2.21. The molecule has 0 saturated carbocycles. The first kappa shape index (κ1) is 12.9. The van der Waals surface area contributed by atoms with E-state index >= 15 is 0 Å². The highest BCUT2D eigenvalue weighted by molar-refractivity contribution is 6.30. The van der Waals surface area contributed by atoms with Gasteiger partial charge in [-0.05, 0) is 31.5 Å². The third kappa shape index (κ3) is 2.48. The predicted octanol–water partition coefficient (Wildman–Crippen LogP) is 3.44. The lowest BCUT2D eigenvalue weighted by Crippen LogP contribution is -2.02. The summed E-state index contributed by atoms with van der Waals surface area (Å²) in [6.45, 7) is 4.20. The zero-order valence-electron chi connectivity index (χ0n) is 10.6. The first-order chi connectivity index (χ1) is 8.49. The van der Waals surface area contributed by atoms with Crippen LogP contribution >= 0.6 is 11.6 Å². The number of aryl methyl sites for hydroxylation is 3. The molecule has 0 aliphatic carbocycles. The normalized spacial score (nSPS) is 10.7. The van der Waals surface area contributed by atoms with Crippen LogP contribution < -0.4 is 5.32 Å². The van der Waals surface area contributed by atoms with E-state index in [1.165, 1.54) is 6.07 Å². The van der Waals surface area contributed by atoms with Crippen molar-refractivity contribution < 1.29 is 4.39 Å². The minimum absolute atomic E-state index is 0.257. The average Bonchev–Trinajstić information content (AvgIpc) is 2.53. The van der Waals surface area contributed by atoms with E-state index in [0.29, 0.717) is 17.4 Å². The smallest absolute Gasteiger partial charge is 0.146 e. The first-order valence-corrected chi connectivity index (χ1v) is 6.05. The Hall–Kier alpha value is -1.55. The first-order valence-electron chi connectivity index (χ1n) is 5.67. The van der Waals surface area contributed by atoms with Crippen molar-refractivity contribution in [2.45, 2.75) is 20.4 Å². The fraction of sp³-hybridized carbons (Fsp3) is 0.308. The molecule has 0 amide bonds. The van der Waals surface area contributed by atoms with Crippen LogP contribution in [0.2, 0.25) is 5.15 Å². The van der Waals surface area contributed by atoms with Gasteiger partial charge in [0, 0.05) is 19.2 Å². The van der Waals surface area contributed by atoms with Crippen molar-refractivity contribution in [3.05, 3.63) is 46.0 Å². The van der Waals surface area contributed by atoms with Gasteiger partial charge in [-0.1, -0.05) is 17.7 Å². The van der Waals surface area contributed by atoms with Gasteiger partial charge < -0.3 is 5.32 Å². The van der Waals surface area contributed by atoms with Gasteiger partial charge in [0.2, 0.25) is 0 Å². The van der Waals surface area contributed by atoms with Crippen LogP contribution in [-0.2, 0) is 13.6 Å². The maximum atomic E-state index is 13.6. The molecule has 5 heteroatoms. The van der Waals surface area contributed by atoms with Gasteiger partial charge in [0.1, 0.15) is 11.0 Å². The molecule has 96 valence electrons. The average molecular weight is 268 g/mol. The fourth-order valence-corrected chi connectivity index (χ4v) is 2.06. The van der Waals surface area contributed by atoms with Crippen molar-refractivity contribution in [3.63, 3.8) is 0 Å². The summed E-state index contributed by atoms with van der Waals surface area (Å²) in [5.41, 5.74) is 3.11. The summed E-state index contributed by atoms with van der Waals surface area (Å²) < 4.78 is 15.3. The molecule has 0 saturated heterocycles. The number of aromatic nitrogens is 2. The minimum Gasteiger partial charge on any atom is -0.378 e. The van der Waals surface area contributed by atoms with Gasteiger partial charge in [-0.2, -0.15) is 5.10 Å². The van der Waals surface area contributed by atoms with Crippen LogP contribution in [0.1, 0.15) is 16.8 Å². The third-order valence-corrected chi connectivity index (χ3v) is 3.32. The Balaban J connectivity index is 2.16.